The molecule has 1 amide bonds. The third-order valence-corrected chi connectivity index (χ3v) is 5.39. The van der Waals surface area contributed by atoms with E-state index in [1.54, 1.807) is 13.1 Å². The number of aromatic nitrogens is 3. The molecule has 1 aliphatic carbocycles. The van der Waals surface area contributed by atoms with Crippen LogP contribution in [-0.4, -0.2) is 37.5 Å². The van der Waals surface area contributed by atoms with Crippen molar-refractivity contribution in [2.45, 2.75) is 50.8 Å². The van der Waals surface area contributed by atoms with Crippen LogP contribution in [0.15, 0.2) is 30.5 Å². The number of aliphatic hydroxyl groups is 1. The third kappa shape index (κ3) is 2.51. The van der Waals surface area contributed by atoms with Crippen LogP contribution in [0.1, 0.15) is 49.1 Å². The molecule has 2 aliphatic rings. The summed E-state index contributed by atoms with van der Waals surface area (Å²) in [6.45, 7) is 3.26. The minimum absolute atomic E-state index is 0.0535. The summed E-state index contributed by atoms with van der Waals surface area (Å²) in [4.78, 5) is 14.7. The van der Waals surface area contributed by atoms with E-state index in [9.17, 15) is 9.90 Å². The smallest absolute Gasteiger partial charge is 0.244 e. The van der Waals surface area contributed by atoms with Gasteiger partial charge >= 0.3 is 0 Å². The largest absolute Gasteiger partial charge is 0.387 e. The maximum Gasteiger partial charge on any atom is 0.244 e. The summed E-state index contributed by atoms with van der Waals surface area (Å²) in [6.07, 6.45) is 4.51. The molecule has 126 valence electrons. The van der Waals surface area contributed by atoms with E-state index in [4.69, 9.17) is 0 Å². The number of hydrogen-bond donors (Lipinski definition) is 1. The first kappa shape index (κ1) is 15.3. The lowest BCUT2D eigenvalue weighted by Crippen LogP contribution is -2.52. The second-order valence-corrected chi connectivity index (χ2v) is 7.06. The third-order valence-electron chi connectivity index (χ3n) is 5.39. The first-order chi connectivity index (χ1) is 11.6. The van der Waals surface area contributed by atoms with Crippen molar-refractivity contribution in [2.75, 3.05) is 6.54 Å². The van der Waals surface area contributed by atoms with Crippen molar-refractivity contribution in [1.29, 1.82) is 0 Å². The SMILES string of the molecule is CC(O)c1cn(CC(=O)N2Cc3ccccc3C3(CCC3)C2)nn1. The number of hydrogen-bond acceptors (Lipinski definition) is 4. The maximum absolute atomic E-state index is 12.8. The second-order valence-electron chi connectivity index (χ2n) is 7.06. The summed E-state index contributed by atoms with van der Waals surface area (Å²) in [5.41, 5.74) is 3.33. The summed E-state index contributed by atoms with van der Waals surface area (Å²) in [5.74, 6) is 0.0535. The number of rotatable bonds is 3. The molecule has 24 heavy (non-hydrogen) atoms. The second kappa shape index (κ2) is 5.70. The van der Waals surface area contributed by atoms with E-state index in [1.807, 2.05) is 11.0 Å². The Bertz CT molecular complexity index is 764. The lowest BCUT2D eigenvalue weighted by atomic mass is 9.61. The summed E-state index contributed by atoms with van der Waals surface area (Å²) < 4.78 is 1.51. The zero-order valence-corrected chi connectivity index (χ0v) is 13.9. The highest BCUT2D eigenvalue weighted by molar-refractivity contribution is 5.76. The van der Waals surface area contributed by atoms with Crippen molar-refractivity contribution in [1.82, 2.24) is 19.9 Å². The Balaban J connectivity index is 1.53. The molecule has 1 saturated carbocycles. The van der Waals surface area contributed by atoms with Crippen LogP contribution < -0.4 is 0 Å². The highest BCUT2D eigenvalue weighted by Crippen LogP contribution is 2.48. The Morgan fingerprint density at radius 3 is 2.83 bits per heavy atom. The standard InChI is InChI=1S/C18H22N4O2/c1-13(23)16-10-22(20-19-16)11-17(24)21-9-14-5-2-3-6-15(14)18(12-21)7-4-8-18/h2-3,5-6,10,13,23H,4,7-9,11-12H2,1H3. The Morgan fingerprint density at radius 1 is 1.38 bits per heavy atom. The van der Waals surface area contributed by atoms with E-state index in [-0.39, 0.29) is 17.9 Å². The molecule has 2 aromatic rings. The van der Waals surface area contributed by atoms with Crippen LogP contribution in [0.3, 0.4) is 0 Å². The number of carbonyl (C=O) groups is 1. The van der Waals surface area contributed by atoms with Gasteiger partial charge in [0, 0.05) is 18.5 Å². The number of aliphatic hydroxyl groups excluding tert-OH is 1. The molecule has 6 heteroatoms. The number of benzene rings is 1. The molecule has 1 aliphatic heterocycles. The molecule has 1 N–H and O–H groups in total. The Hall–Kier alpha value is -2.21. The molecule has 1 fully saturated rings. The van der Waals surface area contributed by atoms with Crippen LogP contribution in [-0.2, 0) is 23.3 Å². The summed E-state index contributed by atoms with van der Waals surface area (Å²) in [5, 5.41) is 17.4. The van der Waals surface area contributed by atoms with Crippen LogP contribution in [0.5, 0.6) is 0 Å². The van der Waals surface area contributed by atoms with Gasteiger partial charge in [-0.2, -0.15) is 0 Å². The molecule has 1 spiro atoms. The molecule has 1 unspecified atom stereocenters. The lowest BCUT2D eigenvalue weighted by molar-refractivity contribution is -0.135. The van der Waals surface area contributed by atoms with Crippen molar-refractivity contribution in [3.05, 3.63) is 47.3 Å². The van der Waals surface area contributed by atoms with Gasteiger partial charge < -0.3 is 10.0 Å². The van der Waals surface area contributed by atoms with Gasteiger partial charge in [0.05, 0.1) is 12.3 Å². The van der Waals surface area contributed by atoms with Crippen molar-refractivity contribution in [3.63, 3.8) is 0 Å². The van der Waals surface area contributed by atoms with Gasteiger partial charge in [0.25, 0.3) is 0 Å². The van der Waals surface area contributed by atoms with Gasteiger partial charge in [-0.1, -0.05) is 35.9 Å². The Morgan fingerprint density at radius 2 is 2.17 bits per heavy atom. The summed E-state index contributed by atoms with van der Waals surface area (Å²) in [6, 6.07) is 8.51. The van der Waals surface area contributed by atoms with Gasteiger partial charge in [0.2, 0.25) is 5.91 Å². The van der Waals surface area contributed by atoms with Gasteiger partial charge in [0.15, 0.2) is 0 Å². The fraction of sp³-hybridized carbons (Fsp3) is 0.500. The molecule has 1 atom stereocenters. The predicted octanol–water partition coefficient (Wildman–Crippen LogP) is 1.80. The number of amides is 1. The van der Waals surface area contributed by atoms with Crippen molar-refractivity contribution in [2.24, 2.45) is 0 Å². The van der Waals surface area contributed by atoms with E-state index < -0.39 is 6.10 Å². The summed E-state index contributed by atoms with van der Waals surface area (Å²) in [7, 11) is 0. The Labute approximate surface area is 141 Å². The quantitative estimate of drug-likeness (QED) is 0.933. The maximum atomic E-state index is 12.8. The molecule has 6 nitrogen and oxygen atoms in total. The monoisotopic (exact) mass is 326 g/mol. The fourth-order valence-electron chi connectivity index (χ4n) is 3.92. The van der Waals surface area contributed by atoms with Gasteiger partial charge in [-0.15, -0.1) is 5.10 Å². The molecular weight excluding hydrogens is 304 g/mol. The Kier molecular flexibility index (Phi) is 3.64. The van der Waals surface area contributed by atoms with E-state index >= 15 is 0 Å². The van der Waals surface area contributed by atoms with Crippen LogP contribution in [0.25, 0.3) is 0 Å². The van der Waals surface area contributed by atoms with Gasteiger partial charge in [-0.3, -0.25) is 4.79 Å². The number of fused-ring (bicyclic) bond motifs is 2. The molecule has 4 rings (SSSR count). The number of carbonyl (C=O) groups excluding carboxylic acids is 1. The minimum atomic E-state index is -0.672. The fourth-order valence-corrected chi connectivity index (χ4v) is 3.92. The molecule has 1 aromatic heterocycles. The average Bonchev–Trinajstić information content (AvgIpc) is 3.01. The van der Waals surface area contributed by atoms with Crippen LogP contribution in [0.2, 0.25) is 0 Å². The molecule has 2 heterocycles. The molecule has 0 radical (unpaired) electrons. The van der Waals surface area contributed by atoms with Crippen molar-refractivity contribution < 1.29 is 9.90 Å². The van der Waals surface area contributed by atoms with E-state index in [1.165, 1.54) is 22.2 Å². The topological polar surface area (TPSA) is 71.2 Å². The molecule has 0 saturated heterocycles. The van der Waals surface area contributed by atoms with Crippen LogP contribution >= 0.6 is 0 Å². The van der Waals surface area contributed by atoms with Gasteiger partial charge in [-0.05, 0) is 30.9 Å². The molecule has 1 aromatic carbocycles. The van der Waals surface area contributed by atoms with Crippen LogP contribution in [0.4, 0.5) is 0 Å². The van der Waals surface area contributed by atoms with Crippen molar-refractivity contribution in [3.8, 4) is 0 Å². The highest BCUT2D eigenvalue weighted by atomic mass is 16.3. The molecule has 0 bridgehead atoms. The van der Waals surface area contributed by atoms with E-state index in [2.05, 4.69) is 28.5 Å². The first-order valence-corrected chi connectivity index (χ1v) is 8.52. The molecular formula is C18H22N4O2. The van der Waals surface area contributed by atoms with Crippen molar-refractivity contribution >= 4 is 5.91 Å². The lowest BCUT2D eigenvalue weighted by Gasteiger charge is -2.50. The van der Waals surface area contributed by atoms with Gasteiger partial charge in [0.1, 0.15) is 12.2 Å². The summed E-state index contributed by atoms with van der Waals surface area (Å²) >= 11 is 0. The number of nitrogens with zero attached hydrogens (tertiary/aromatic N) is 4. The average molecular weight is 326 g/mol. The first-order valence-electron chi connectivity index (χ1n) is 8.52. The van der Waals surface area contributed by atoms with Gasteiger partial charge in [-0.25, -0.2) is 4.68 Å². The zero-order valence-electron chi connectivity index (χ0n) is 13.9. The zero-order chi connectivity index (χ0) is 16.7. The minimum Gasteiger partial charge on any atom is -0.387 e. The predicted molar refractivity (Wildman–Crippen MR) is 88.0 cm³/mol. The van der Waals surface area contributed by atoms with E-state index in [0.717, 1.165) is 19.4 Å². The highest BCUT2D eigenvalue weighted by Gasteiger charge is 2.45. The van der Waals surface area contributed by atoms with E-state index in [0.29, 0.717) is 12.2 Å². The normalized spacial score (nSPS) is 19.7. The van der Waals surface area contributed by atoms with Crippen LogP contribution in [0, 0.1) is 0 Å².